The molecule has 3 rings (SSSR count). The predicted octanol–water partition coefficient (Wildman–Crippen LogP) is 5.73. The highest BCUT2D eigenvalue weighted by Crippen LogP contribution is 2.36. The van der Waals surface area contributed by atoms with Crippen molar-refractivity contribution in [2.75, 3.05) is 6.61 Å². The van der Waals surface area contributed by atoms with Gasteiger partial charge in [-0.15, -0.1) is 0 Å². The van der Waals surface area contributed by atoms with Gasteiger partial charge < -0.3 is 19.0 Å². The summed E-state index contributed by atoms with van der Waals surface area (Å²) in [6, 6.07) is 3.96. The van der Waals surface area contributed by atoms with Crippen LogP contribution in [0.15, 0.2) is 28.7 Å². The Labute approximate surface area is 206 Å². The molecule has 8 nitrogen and oxygen atoms in total. The summed E-state index contributed by atoms with van der Waals surface area (Å²) in [7, 11) is 0. The van der Waals surface area contributed by atoms with Crippen molar-refractivity contribution < 1.29 is 28.6 Å². The average Bonchev–Trinajstić information content (AvgIpc) is 3.11. The van der Waals surface area contributed by atoms with Crippen molar-refractivity contribution in [2.24, 2.45) is 0 Å². The number of oxazole rings is 1. The van der Waals surface area contributed by atoms with Gasteiger partial charge in [0.1, 0.15) is 17.1 Å². The third-order valence-electron chi connectivity index (χ3n) is 5.75. The van der Waals surface area contributed by atoms with E-state index in [1.165, 1.54) is 4.90 Å². The van der Waals surface area contributed by atoms with E-state index in [1.54, 1.807) is 26.8 Å². The lowest BCUT2D eigenvalue weighted by Crippen LogP contribution is -2.50. The Morgan fingerprint density at radius 1 is 1.31 bits per heavy atom. The predicted molar refractivity (Wildman–Crippen MR) is 132 cm³/mol. The third-order valence-corrected chi connectivity index (χ3v) is 5.75. The lowest BCUT2D eigenvalue weighted by molar-refractivity contribution is -0.144. The number of amides is 1. The van der Waals surface area contributed by atoms with Crippen LogP contribution in [0.2, 0.25) is 0 Å². The first-order valence-electron chi connectivity index (χ1n) is 12.1. The van der Waals surface area contributed by atoms with Crippen LogP contribution in [0, 0.1) is 6.92 Å². The van der Waals surface area contributed by atoms with Crippen molar-refractivity contribution in [1.82, 2.24) is 9.88 Å². The van der Waals surface area contributed by atoms with Crippen LogP contribution in [0.3, 0.4) is 0 Å². The molecular weight excluding hydrogens is 448 g/mol. The van der Waals surface area contributed by atoms with Crippen LogP contribution in [0.4, 0.5) is 4.79 Å². The maximum Gasteiger partial charge on any atom is 0.411 e. The largest absolute Gasteiger partial charge is 0.493 e. The minimum absolute atomic E-state index is 0.319. The Hall–Kier alpha value is -3.29. The van der Waals surface area contributed by atoms with Gasteiger partial charge in [-0.25, -0.2) is 14.6 Å². The number of carboxylic acids is 1. The molecule has 190 valence electrons. The van der Waals surface area contributed by atoms with Gasteiger partial charge in [0.25, 0.3) is 0 Å². The van der Waals surface area contributed by atoms with Crippen LogP contribution in [0.5, 0.6) is 5.75 Å². The van der Waals surface area contributed by atoms with Crippen LogP contribution >= 0.6 is 0 Å². The summed E-state index contributed by atoms with van der Waals surface area (Å²) in [6.45, 7) is 11.5. The Bertz CT molecular complexity index is 1080. The molecule has 0 bridgehead atoms. The van der Waals surface area contributed by atoms with Gasteiger partial charge in [-0.2, -0.15) is 0 Å². The number of benzene rings is 1. The van der Waals surface area contributed by atoms with E-state index in [4.69, 9.17) is 13.9 Å². The first-order valence-corrected chi connectivity index (χ1v) is 12.1. The zero-order valence-corrected chi connectivity index (χ0v) is 21.5. The van der Waals surface area contributed by atoms with Crippen molar-refractivity contribution in [3.8, 4) is 5.75 Å². The number of unbranched alkanes of at least 4 members (excludes halogenated alkanes) is 1. The molecule has 8 heteroatoms. The van der Waals surface area contributed by atoms with Gasteiger partial charge in [0.2, 0.25) is 5.89 Å². The first-order chi connectivity index (χ1) is 16.5. The van der Waals surface area contributed by atoms with Gasteiger partial charge in [0.15, 0.2) is 6.04 Å². The SMILES string of the molecule is CCCC=Cc1nc(CCOc2ccc3c(c2)C(C(=O)O)N(C(=O)OC(C)(C)C)[C@@H](C)C3)c(C)o1. The Kier molecular flexibility index (Phi) is 8.25. The number of aromatic nitrogens is 1. The van der Waals surface area contributed by atoms with Gasteiger partial charge in [-0.05, 0) is 76.8 Å². The molecule has 0 saturated heterocycles. The van der Waals surface area contributed by atoms with Crippen LogP contribution in [-0.4, -0.2) is 45.3 Å². The average molecular weight is 485 g/mol. The maximum atomic E-state index is 12.9. The zero-order valence-electron chi connectivity index (χ0n) is 21.5. The highest BCUT2D eigenvalue weighted by Gasteiger charge is 2.42. The van der Waals surface area contributed by atoms with Crippen molar-refractivity contribution in [3.05, 3.63) is 52.7 Å². The molecule has 0 saturated carbocycles. The molecule has 1 aromatic heterocycles. The second kappa shape index (κ2) is 11.0. The minimum Gasteiger partial charge on any atom is -0.493 e. The topological polar surface area (TPSA) is 102 Å². The fraction of sp³-hybridized carbons (Fsp3) is 0.519. The number of carboxylic acid groups (broad SMARTS) is 1. The van der Waals surface area contributed by atoms with E-state index in [-0.39, 0.29) is 6.04 Å². The van der Waals surface area contributed by atoms with Crippen molar-refractivity contribution in [2.45, 2.75) is 84.9 Å². The molecule has 1 unspecified atom stereocenters. The number of nitrogens with zero attached hydrogens (tertiary/aromatic N) is 2. The van der Waals surface area contributed by atoms with E-state index in [1.807, 2.05) is 38.1 Å². The Morgan fingerprint density at radius 3 is 2.71 bits per heavy atom. The normalized spacial score (nSPS) is 17.9. The molecule has 1 aromatic carbocycles. The van der Waals surface area contributed by atoms with Crippen molar-refractivity contribution in [3.63, 3.8) is 0 Å². The van der Waals surface area contributed by atoms with Gasteiger partial charge in [-0.1, -0.05) is 25.5 Å². The molecule has 0 aliphatic carbocycles. The second-order valence-electron chi connectivity index (χ2n) is 9.89. The summed E-state index contributed by atoms with van der Waals surface area (Å²) in [5, 5.41) is 10.0. The fourth-order valence-corrected chi connectivity index (χ4v) is 4.15. The first kappa shape index (κ1) is 26.3. The lowest BCUT2D eigenvalue weighted by atomic mass is 9.88. The van der Waals surface area contributed by atoms with Gasteiger partial charge in [-0.3, -0.25) is 4.90 Å². The highest BCUT2D eigenvalue weighted by molar-refractivity contribution is 5.83. The fourth-order valence-electron chi connectivity index (χ4n) is 4.15. The number of aryl methyl sites for hydroxylation is 1. The van der Waals surface area contributed by atoms with Crippen LogP contribution in [0.25, 0.3) is 6.08 Å². The highest BCUT2D eigenvalue weighted by atomic mass is 16.6. The molecule has 0 spiro atoms. The maximum absolute atomic E-state index is 12.9. The van der Waals surface area contributed by atoms with E-state index in [0.29, 0.717) is 36.7 Å². The summed E-state index contributed by atoms with van der Waals surface area (Å²) < 4.78 is 17.1. The quantitative estimate of drug-likeness (QED) is 0.511. The number of hydrogen-bond donors (Lipinski definition) is 1. The number of fused-ring (bicyclic) bond motifs is 1. The number of aliphatic carboxylic acids is 1. The van der Waals surface area contributed by atoms with Gasteiger partial charge >= 0.3 is 12.1 Å². The molecule has 1 aliphatic rings. The van der Waals surface area contributed by atoms with E-state index < -0.39 is 23.7 Å². The summed E-state index contributed by atoms with van der Waals surface area (Å²) >= 11 is 0. The summed E-state index contributed by atoms with van der Waals surface area (Å²) in [5.41, 5.74) is 1.52. The van der Waals surface area contributed by atoms with Crippen LogP contribution in [-0.2, 0) is 22.4 Å². The lowest BCUT2D eigenvalue weighted by Gasteiger charge is -2.40. The molecule has 1 N–H and O–H groups in total. The second-order valence-corrected chi connectivity index (χ2v) is 9.89. The number of allylic oxidation sites excluding steroid dienone is 1. The molecule has 0 radical (unpaired) electrons. The van der Waals surface area contributed by atoms with Crippen molar-refractivity contribution >= 4 is 18.1 Å². The molecule has 35 heavy (non-hydrogen) atoms. The number of ether oxygens (including phenoxy) is 2. The van der Waals surface area contributed by atoms with Gasteiger partial charge in [0, 0.05) is 12.5 Å². The number of rotatable bonds is 8. The molecule has 2 aromatic rings. The van der Waals surface area contributed by atoms with Crippen molar-refractivity contribution in [1.29, 1.82) is 0 Å². The zero-order chi connectivity index (χ0) is 25.8. The molecule has 2 atom stereocenters. The molecule has 0 fully saturated rings. The number of carbonyl (C=O) groups is 2. The molecule has 2 heterocycles. The van der Waals surface area contributed by atoms with E-state index in [2.05, 4.69) is 11.9 Å². The number of hydrogen-bond acceptors (Lipinski definition) is 6. The van der Waals surface area contributed by atoms with Crippen LogP contribution in [0.1, 0.15) is 82.0 Å². The Balaban J connectivity index is 1.74. The minimum atomic E-state index is -1.15. The summed E-state index contributed by atoms with van der Waals surface area (Å²) in [6.07, 6.45) is 6.41. The molecule has 1 aliphatic heterocycles. The Morgan fingerprint density at radius 2 is 2.06 bits per heavy atom. The summed E-state index contributed by atoms with van der Waals surface area (Å²) in [5.74, 6) is 0.768. The van der Waals surface area contributed by atoms with E-state index >= 15 is 0 Å². The van der Waals surface area contributed by atoms with E-state index in [9.17, 15) is 14.7 Å². The number of carbonyl (C=O) groups excluding carboxylic acids is 1. The van der Waals surface area contributed by atoms with E-state index in [0.717, 1.165) is 29.9 Å². The van der Waals surface area contributed by atoms with Crippen LogP contribution < -0.4 is 4.74 Å². The molecular formula is C27H36N2O6. The van der Waals surface area contributed by atoms with Gasteiger partial charge in [0.05, 0.1) is 12.3 Å². The monoisotopic (exact) mass is 484 g/mol. The molecule has 1 amide bonds. The standard InChI is InChI=1S/C27H36N2O6/c1-7-8-9-10-23-28-22(18(3)34-23)13-14-33-20-12-11-19-15-17(2)29(26(32)35-27(4,5)6)24(25(30)31)21(19)16-20/h9-12,16-17,24H,7-8,13-15H2,1-6H3,(H,30,31)/t17-,24?/m0/s1. The summed E-state index contributed by atoms with van der Waals surface area (Å²) in [4.78, 5) is 31.0. The smallest absolute Gasteiger partial charge is 0.411 e. The third kappa shape index (κ3) is 6.65.